The highest BCUT2D eigenvalue weighted by Crippen LogP contribution is 2.27. The summed E-state index contributed by atoms with van der Waals surface area (Å²) in [6.45, 7) is 1.85. The van der Waals surface area contributed by atoms with Crippen LogP contribution in [-0.4, -0.2) is 27.4 Å². The fraction of sp³-hybridized carbons (Fsp3) is 0.471. The summed E-state index contributed by atoms with van der Waals surface area (Å²) in [5.41, 5.74) is 0.765. The molecule has 1 atom stereocenters. The summed E-state index contributed by atoms with van der Waals surface area (Å²) in [7, 11) is 0. The van der Waals surface area contributed by atoms with E-state index in [0.717, 1.165) is 18.4 Å². The molecule has 2 aromatic rings. The van der Waals surface area contributed by atoms with Gasteiger partial charge in [0.15, 0.2) is 0 Å². The first-order valence-corrected chi connectivity index (χ1v) is 9.44. The topological polar surface area (TPSA) is 68.0 Å². The Hall–Kier alpha value is -1.53. The van der Waals surface area contributed by atoms with Gasteiger partial charge in [0.25, 0.3) is 5.22 Å². The van der Waals surface area contributed by atoms with Crippen molar-refractivity contribution in [2.75, 3.05) is 0 Å². The highest BCUT2D eigenvalue weighted by molar-refractivity contribution is 8.00. The van der Waals surface area contributed by atoms with Crippen molar-refractivity contribution in [1.29, 1.82) is 0 Å². The van der Waals surface area contributed by atoms with Gasteiger partial charge in [-0.25, -0.2) is 0 Å². The van der Waals surface area contributed by atoms with Gasteiger partial charge in [0, 0.05) is 16.6 Å². The van der Waals surface area contributed by atoms with Gasteiger partial charge in [-0.05, 0) is 38.0 Å². The maximum absolute atomic E-state index is 12.3. The molecule has 1 fully saturated rings. The second-order valence-corrected chi connectivity index (χ2v) is 7.72. The van der Waals surface area contributed by atoms with Gasteiger partial charge < -0.3 is 9.73 Å². The molecule has 0 spiro atoms. The van der Waals surface area contributed by atoms with Crippen LogP contribution < -0.4 is 5.32 Å². The van der Waals surface area contributed by atoms with E-state index >= 15 is 0 Å². The fourth-order valence-corrected chi connectivity index (χ4v) is 3.65. The van der Waals surface area contributed by atoms with Crippen molar-refractivity contribution in [3.05, 3.63) is 29.3 Å². The molecule has 0 radical (unpaired) electrons. The molecule has 1 saturated carbocycles. The Morgan fingerprint density at radius 2 is 2.12 bits per heavy atom. The van der Waals surface area contributed by atoms with E-state index in [4.69, 9.17) is 16.0 Å². The molecule has 7 heteroatoms. The molecule has 1 N–H and O–H groups in total. The van der Waals surface area contributed by atoms with Gasteiger partial charge in [-0.15, -0.1) is 10.2 Å². The first-order valence-electron chi connectivity index (χ1n) is 8.18. The van der Waals surface area contributed by atoms with Gasteiger partial charge >= 0.3 is 0 Å². The first-order chi connectivity index (χ1) is 11.6. The third-order valence-corrected chi connectivity index (χ3v) is 5.25. The third-order valence-electron chi connectivity index (χ3n) is 4.08. The molecule has 0 bridgehead atoms. The molecular weight excluding hydrogens is 346 g/mol. The molecule has 1 aromatic carbocycles. The lowest BCUT2D eigenvalue weighted by molar-refractivity contribution is -0.121. The molecule has 0 unspecified atom stereocenters. The summed E-state index contributed by atoms with van der Waals surface area (Å²) in [6.07, 6.45) is 5.80. The Labute approximate surface area is 150 Å². The van der Waals surface area contributed by atoms with Gasteiger partial charge in [0.05, 0.1) is 5.25 Å². The summed E-state index contributed by atoms with van der Waals surface area (Å²) < 4.78 is 5.64. The lowest BCUT2D eigenvalue weighted by atomic mass is 9.95. The first kappa shape index (κ1) is 17.3. The van der Waals surface area contributed by atoms with Crippen LogP contribution in [0, 0.1) is 0 Å². The number of hydrogen-bond acceptors (Lipinski definition) is 5. The molecule has 1 heterocycles. The summed E-state index contributed by atoms with van der Waals surface area (Å²) >= 11 is 7.25. The maximum atomic E-state index is 12.3. The number of halogens is 1. The number of aromatic nitrogens is 2. The van der Waals surface area contributed by atoms with E-state index in [9.17, 15) is 4.79 Å². The molecule has 0 aliphatic heterocycles. The van der Waals surface area contributed by atoms with Crippen molar-refractivity contribution in [1.82, 2.24) is 15.5 Å². The smallest absolute Gasteiger partial charge is 0.277 e. The molecule has 1 aliphatic carbocycles. The molecule has 24 heavy (non-hydrogen) atoms. The van der Waals surface area contributed by atoms with Crippen molar-refractivity contribution in [3.63, 3.8) is 0 Å². The number of hydrogen-bond donors (Lipinski definition) is 1. The molecular formula is C17H20ClN3O2S. The normalized spacial score (nSPS) is 16.8. The van der Waals surface area contributed by atoms with Crippen LogP contribution in [0.25, 0.3) is 11.5 Å². The van der Waals surface area contributed by atoms with Crippen LogP contribution in [0.1, 0.15) is 39.0 Å². The number of thioether (sulfide) groups is 1. The Morgan fingerprint density at radius 1 is 1.33 bits per heavy atom. The molecule has 5 nitrogen and oxygen atoms in total. The molecule has 1 aromatic heterocycles. The lowest BCUT2D eigenvalue weighted by Gasteiger charge is -2.23. The predicted octanol–water partition coefficient (Wildman–Crippen LogP) is 4.32. The number of carbonyl (C=O) groups excluding carboxylic acids is 1. The van der Waals surface area contributed by atoms with Crippen LogP contribution in [0.3, 0.4) is 0 Å². The molecule has 1 aliphatic rings. The average Bonchev–Trinajstić information content (AvgIpc) is 3.04. The third kappa shape index (κ3) is 4.51. The van der Waals surface area contributed by atoms with Gasteiger partial charge in [0.1, 0.15) is 0 Å². The minimum Gasteiger partial charge on any atom is -0.411 e. The van der Waals surface area contributed by atoms with E-state index in [1.54, 1.807) is 12.1 Å². The second kappa shape index (κ2) is 8.03. The van der Waals surface area contributed by atoms with Gasteiger partial charge in [-0.1, -0.05) is 48.7 Å². The van der Waals surface area contributed by atoms with Gasteiger partial charge in [-0.2, -0.15) is 0 Å². The zero-order chi connectivity index (χ0) is 16.9. The van der Waals surface area contributed by atoms with Crippen LogP contribution >= 0.6 is 23.4 Å². The van der Waals surface area contributed by atoms with Crippen LogP contribution in [0.15, 0.2) is 33.9 Å². The average molecular weight is 366 g/mol. The minimum absolute atomic E-state index is 0.0226. The van der Waals surface area contributed by atoms with Crippen molar-refractivity contribution in [3.8, 4) is 11.5 Å². The summed E-state index contributed by atoms with van der Waals surface area (Å²) in [5, 5.41) is 11.9. The van der Waals surface area contributed by atoms with E-state index in [-0.39, 0.29) is 11.2 Å². The van der Waals surface area contributed by atoms with Crippen LogP contribution in [0.2, 0.25) is 5.02 Å². The molecule has 0 saturated heterocycles. The van der Waals surface area contributed by atoms with Gasteiger partial charge in [0.2, 0.25) is 11.8 Å². The van der Waals surface area contributed by atoms with E-state index in [1.165, 1.54) is 31.0 Å². The predicted molar refractivity (Wildman–Crippen MR) is 95.1 cm³/mol. The second-order valence-electron chi connectivity index (χ2n) is 5.99. The van der Waals surface area contributed by atoms with E-state index in [0.29, 0.717) is 22.2 Å². The van der Waals surface area contributed by atoms with E-state index in [1.807, 2.05) is 19.1 Å². The standard InChI is InChI=1S/C17H20ClN3O2S/c1-11(15(22)19-14-8-3-2-4-9-14)24-17-21-20-16(23-17)12-6-5-7-13(18)10-12/h5-7,10-11,14H,2-4,8-9H2,1H3,(H,19,22)/t11-/m0/s1. The molecule has 3 rings (SSSR count). The number of rotatable bonds is 5. The maximum Gasteiger partial charge on any atom is 0.277 e. The van der Waals surface area contributed by atoms with Crippen LogP contribution in [0.5, 0.6) is 0 Å². The number of nitrogens with zero attached hydrogens (tertiary/aromatic N) is 2. The number of amides is 1. The Bertz CT molecular complexity index is 701. The number of carbonyl (C=O) groups is 1. The van der Waals surface area contributed by atoms with Crippen molar-refractivity contribution in [2.24, 2.45) is 0 Å². The largest absolute Gasteiger partial charge is 0.411 e. The van der Waals surface area contributed by atoms with Crippen molar-refractivity contribution in [2.45, 2.75) is 55.5 Å². The Balaban J connectivity index is 1.58. The lowest BCUT2D eigenvalue weighted by Crippen LogP contribution is -2.40. The number of nitrogens with one attached hydrogen (secondary N) is 1. The fourth-order valence-electron chi connectivity index (χ4n) is 2.77. The van der Waals surface area contributed by atoms with Crippen LogP contribution in [-0.2, 0) is 4.79 Å². The molecule has 1 amide bonds. The quantitative estimate of drug-likeness (QED) is 0.799. The SMILES string of the molecule is C[C@H](Sc1nnc(-c2cccc(Cl)c2)o1)C(=O)NC1CCCCC1. The summed E-state index contributed by atoms with van der Waals surface area (Å²) in [6, 6.07) is 7.54. The highest BCUT2D eigenvalue weighted by Gasteiger charge is 2.22. The minimum atomic E-state index is -0.278. The zero-order valence-corrected chi connectivity index (χ0v) is 15.1. The summed E-state index contributed by atoms with van der Waals surface area (Å²) in [5.74, 6) is 0.425. The molecule has 128 valence electrons. The Morgan fingerprint density at radius 3 is 2.88 bits per heavy atom. The zero-order valence-electron chi connectivity index (χ0n) is 13.5. The summed E-state index contributed by atoms with van der Waals surface area (Å²) in [4.78, 5) is 12.3. The van der Waals surface area contributed by atoms with Crippen molar-refractivity contribution >= 4 is 29.3 Å². The highest BCUT2D eigenvalue weighted by atomic mass is 35.5. The van der Waals surface area contributed by atoms with E-state index < -0.39 is 0 Å². The monoisotopic (exact) mass is 365 g/mol. The van der Waals surface area contributed by atoms with Gasteiger partial charge in [-0.3, -0.25) is 4.79 Å². The van der Waals surface area contributed by atoms with Crippen LogP contribution in [0.4, 0.5) is 0 Å². The van der Waals surface area contributed by atoms with E-state index in [2.05, 4.69) is 15.5 Å². The Kier molecular flexibility index (Phi) is 5.79. The number of benzene rings is 1. The van der Waals surface area contributed by atoms with Crippen molar-refractivity contribution < 1.29 is 9.21 Å².